The molecule has 2 rings (SSSR count). The van der Waals surface area contributed by atoms with E-state index in [-0.39, 0.29) is 10.6 Å². The molecule has 1 aromatic carbocycles. The Morgan fingerprint density at radius 1 is 1.25 bits per heavy atom. The summed E-state index contributed by atoms with van der Waals surface area (Å²) in [6.07, 6.45) is 6.51. The van der Waals surface area contributed by atoms with Gasteiger partial charge in [-0.2, -0.15) is 0 Å². The molecule has 1 N–H and O–H groups in total. The average molecular weight is 276 g/mol. The third kappa shape index (κ3) is 3.71. The maximum absolute atomic E-state index is 10.9. The van der Waals surface area contributed by atoms with Gasteiger partial charge >= 0.3 is 0 Å². The molecule has 0 unspecified atom stereocenters. The molecule has 0 spiro atoms. The maximum Gasteiger partial charge on any atom is 0.274 e. The number of nitrogens with zero attached hydrogens (tertiary/aromatic N) is 1. The van der Waals surface area contributed by atoms with Crippen molar-refractivity contribution in [3.8, 4) is 0 Å². The van der Waals surface area contributed by atoms with E-state index in [1.54, 1.807) is 13.0 Å². The zero-order valence-corrected chi connectivity index (χ0v) is 12.4. The van der Waals surface area contributed by atoms with Crippen molar-refractivity contribution in [3.63, 3.8) is 0 Å². The molecule has 1 saturated carbocycles. The lowest BCUT2D eigenvalue weighted by Crippen LogP contribution is -2.21. The van der Waals surface area contributed by atoms with Crippen LogP contribution in [0.3, 0.4) is 0 Å². The zero-order valence-electron chi connectivity index (χ0n) is 12.4. The number of nitrogens with one attached hydrogen (secondary N) is 1. The van der Waals surface area contributed by atoms with Crippen LogP contribution in [-0.4, -0.2) is 11.5 Å². The lowest BCUT2D eigenvalue weighted by molar-refractivity contribution is -0.385. The molecular formula is C16H24N2O2. The predicted molar refractivity (Wildman–Crippen MR) is 82.1 cm³/mol. The summed E-state index contributed by atoms with van der Waals surface area (Å²) in [5.74, 6) is 1.62. The van der Waals surface area contributed by atoms with Crippen LogP contribution < -0.4 is 5.32 Å². The van der Waals surface area contributed by atoms with Crippen molar-refractivity contribution in [3.05, 3.63) is 33.9 Å². The molecule has 4 heteroatoms. The van der Waals surface area contributed by atoms with E-state index in [1.165, 1.54) is 32.1 Å². The van der Waals surface area contributed by atoms with Crippen LogP contribution in [0.4, 0.5) is 11.4 Å². The van der Waals surface area contributed by atoms with E-state index in [1.807, 2.05) is 12.1 Å². The number of rotatable bonds is 5. The molecule has 0 heterocycles. The minimum absolute atomic E-state index is 0.199. The molecule has 1 aliphatic carbocycles. The van der Waals surface area contributed by atoms with Crippen molar-refractivity contribution in [2.45, 2.75) is 46.0 Å². The van der Waals surface area contributed by atoms with Crippen molar-refractivity contribution in [1.82, 2.24) is 0 Å². The lowest BCUT2D eigenvalue weighted by Gasteiger charge is -2.28. The molecule has 0 aromatic heterocycles. The Morgan fingerprint density at radius 3 is 2.50 bits per heavy atom. The van der Waals surface area contributed by atoms with Crippen molar-refractivity contribution in [1.29, 1.82) is 0 Å². The highest BCUT2D eigenvalue weighted by Crippen LogP contribution is 2.31. The Labute approximate surface area is 120 Å². The number of hydrogen-bond donors (Lipinski definition) is 1. The van der Waals surface area contributed by atoms with Crippen LogP contribution >= 0.6 is 0 Å². The molecular weight excluding hydrogens is 252 g/mol. The Bertz CT molecular complexity index is 466. The van der Waals surface area contributed by atoms with Crippen LogP contribution in [0.2, 0.25) is 0 Å². The van der Waals surface area contributed by atoms with E-state index in [2.05, 4.69) is 12.2 Å². The van der Waals surface area contributed by atoms with E-state index in [0.29, 0.717) is 11.5 Å². The second-order valence-corrected chi connectivity index (χ2v) is 5.93. The van der Waals surface area contributed by atoms with Gasteiger partial charge in [-0.25, -0.2) is 0 Å². The van der Waals surface area contributed by atoms with Crippen LogP contribution in [0.25, 0.3) is 0 Å². The lowest BCUT2D eigenvalue weighted by atomic mass is 9.81. The smallest absolute Gasteiger partial charge is 0.274 e. The molecule has 20 heavy (non-hydrogen) atoms. The standard InChI is InChI=1S/C16H24N2O2/c1-3-13-5-7-14(8-6-13)11-17-15-9-4-12(2)16(10-15)18(19)20/h4,9-10,13-14,17H,3,5-8,11H2,1-2H3. The summed E-state index contributed by atoms with van der Waals surface area (Å²) >= 11 is 0. The van der Waals surface area contributed by atoms with Gasteiger partial charge in [-0.1, -0.05) is 32.3 Å². The summed E-state index contributed by atoms with van der Waals surface area (Å²) in [6, 6.07) is 5.39. The third-order valence-electron chi connectivity index (χ3n) is 4.54. The van der Waals surface area contributed by atoms with Gasteiger partial charge in [0.2, 0.25) is 0 Å². The summed E-state index contributed by atoms with van der Waals surface area (Å²) < 4.78 is 0. The van der Waals surface area contributed by atoms with E-state index in [0.717, 1.165) is 18.2 Å². The van der Waals surface area contributed by atoms with Crippen LogP contribution in [0.5, 0.6) is 0 Å². The van der Waals surface area contributed by atoms with Gasteiger partial charge in [0.05, 0.1) is 4.92 Å². The number of hydrogen-bond acceptors (Lipinski definition) is 3. The maximum atomic E-state index is 10.9. The monoisotopic (exact) mass is 276 g/mol. The van der Waals surface area contributed by atoms with Gasteiger partial charge in [-0.3, -0.25) is 10.1 Å². The molecule has 0 radical (unpaired) electrons. The first kappa shape index (κ1) is 14.8. The normalized spacial score (nSPS) is 22.5. The van der Waals surface area contributed by atoms with Crippen LogP contribution in [0, 0.1) is 28.9 Å². The first-order valence-electron chi connectivity index (χ1n) is 7.59. The molecule has 4 nitrogen and oxygen atoms in total. The number of anilines is 1. The summed E-state index contributed by atoms with van der Waals surface area (Å²) in [5.41, 5.74) is 1.77. The Balaban J connectivity index is 1.88. The molecule has 1 fully saturated rings. The van der Waals surface area contributed by atoms with Crippen molar-refractivity contribution < 1.29 is 4.92 Å². The van der Waals surface area contributed by atoms with E-state index in [4.69, 9.17) is 0 Å². The van der Waals surface area contributed by atoms with Crippen LogP contribution in [0.1, 0.15) is 44.6 Å². The van der Waals surface area contributed by atoms with Gasteiger partial charge in [-0.15, -0.1) is 0 Å². The van der Waals surface area contributed by atoms with E-state index >= 15 is 0 Å². The molecule has 0 amide bonds. The van der Waals surface area contributed by atoms with Crippen molar-refractivity contribution >= 4 is 11.4 Å². The van der Waals surface area contributed by atoms with Gasteiger partial charge in [0.1, 0.15) is 0 Å². The van der Waals surface area contributed by atoms with Crippen LogP contribution in [0.15, 0.2) is 18.2 Å². The predicted octanol–water partition coefficient (Wildman–Crippen LogP) is 4.53. The quantitative estimate of drug-likeness (QED) is 0.635. The van der Waals surface area contributed by atoms with Gasteiger partial charge in [0.15, 0.2) is 0 Å². The fraction of sp³-hybridized carbons (Fsp3) is 0.625. The highest BCUT2D eigenvalue weighted by Gasteiger charge is 2.20. The summed E-state index contributed by atoms with van der Waals surface area (Å²) in [4.78, 5) is 10.6. The molecule has 0 bridgehead atoms. The average Bonchev–Trinajstić information content (AvgIpc) is 2.46. The SMILES string of the molecule is CCC1CCC(CNc2ccc(C)c([N+](=O)[O-])c2)CC1. The third-order valence-corrected chi connectivity index (χ3v) is 4.54. The summed E-state index contributed by atoms with van der Waals surface area (Å²) in [5, 5.41) is 14.3. The number of benzene rings is 1. The minimum atomic E-state index is -0.313. The van der Waals surface area contributed by atoms with E-state index in [9.17, 15) is 10.1 Å². The fourth-order valence-electron chi connectivity index (χ4n) is 3.02. The molecule has 110 valence electrons. The highest BCUT2D eigenvalue weighted by atomic mass is 16.6. The Hall–Kier alpha value is -1.58. The molecule has 0 aliphatic heterocycles. The van der Waals surface area contributed by atoms with Gasteiger partial charge in [-0.05, 0) is 37.7 Å². The van der Waals surface area contributed by atoms with Gasteiger partial charge < -0.3 is 5.32 Å². The largest absolute Gasteiger partial charge is 0.385 e. The zero-order chi connectivity index (χ0) is 14.5. The topological polar surface area (TPSA) is 55.2 Å². The fourth-order valence-corrected chi connectivity index (χ4v) is 3.02. The molecule has 0 atom stereocenters. The number of nitro groups is 1. The first-order valence-corrected chi connectivity index (χ1v) is 7.59. The van der Waals surface area contributed by atoms with Crippen molar-refractivity contribution in [2.24, 2.45) is 11.8 Å². The number of nitro benzene ring substituents is 1. The second-order valence-electron chi connectivity index (χ2n) is 5.93. The van der Waals surface area contributed by atoms with Gasteiger partial charge in [0, 0.05) is 23.9 Å². The molecule has 0 saturated heterocycles. The summed E-state index contributed by atoms with van der Waals surface area (Å²) in [6.45, 7) is 4.97. The summed E-state index contributed by atoms with van der Waals surface area (Å²) in [7, 11) is 0. The number of aryl methyl sites for hydroxylation is 1. The second kappa shape index (κ2) is 6.73. The van der Waals surface area contributed by atoms with Gasteiger partial charge in [0.25, 0.3) is 5.69 Å². The highest BCUT2D eigenvalue weighted by molar-refractivity contribution is 5.54. The Kier molecular flexibility index (Phi) is 4.99. The molecule has 1 aromatic rings. The molecule has 1 aliphatic rings. The van der Waals surface area contributed by atoms with E-state index < -0.39 is 0 Å². The first-order chi connectivity index (χ1) is 9.60. The minimum Gasteiger partial charge on any atom is -0.385 e. The Morgan fingerprint density at radius 2 is 1.90 bits per heavy atom. The van der Waals surface area contributed by atoms with Crippen LogP contribution in [-0.2, 0) is 0 Å². The van der Waals surface area contributed by atoms with Crippen molar-refractivity contribution in [2.75, 3.05) is 11.9 Å².